The molecule has 0 spiro atoms. The second-order valence-electron chi connectivity index (χ2n) is 2.63. The lowest BCUT2D eigenvalue weighted by Gasteiger charge is -2.00. The number of hydrogen-bond donors (Lipinski definition) is 0. The van der Waals surface area contributed by atoms with Gasteiger partial charge in [-0.1, -0.05) is 12.1 Å². The molecule has 0 atom stereocenters. The Kier molecular flexibility index (Phi) is 2.13. The highest BCUT2D eigenvalue weighted by Gasteiger charge is 2.27. The number of sulfone groups is 1. The first-order chi connectivity index (χ1) is 6.02. The molecule has 0 aliphatic carbocycles. The lowest BCUT2D eigenvalue weighted by Crippen LogP contribution is -1.94. The predicted octanol–water partition coefficient (Wildman–Crippen LogP) is 2.93. The first-order valence-electron chi connectivity index (χ1n) is 3.43. The molecule has 0 amide bonds. The zero-order valence-corrected chi connectivity index (χ0v) is 10.3. The average Bonchev–Trinajstić information content (AvgIpc) is 2.24. The molecule has 1 aliphatic heterocycles. The highest BCUT2D eigenvalue weighted by molar-refractivity contribution is 9.15. The van der Waals surface area contributed by atoms with Crippen molar-refractivity contribution in [1.82, 2.24) is 0 Å². The summed E-state index contributed by atoms with van der Waals surface area (Å²) in [6.07, 6.45) is 0. The smallest absolute Gasteiger partial charge is 0.202 e. The van der Waals surface area contributed by atoms with E-state index < -0.39 is 9.84 Å². The van der Waals surface area contributed by atoms with Crippen molar-refractivity contribution in [1.29, 1.82) is 0 Å². The van der Waals surface area contributed by atoms with Gasteiger partial charge in [-0.05, 0) is 37.9 Å². The second-order valence-corrected chi connectivity index (χ2v) is 6.07. The molecular formula is C8H4Br2O2S. The molecule has 0 aromatic heterocycles. The first kappa shape index (κ1) is 9.43. The molecule has 2 rings (SSSR count). The van der Waals surface area contributed by atoms with Crippen LogP contribution in [0.2, 0.25) is 0 Å². The van der Waals surface area contributed by atoms with Crippen LogP contribution in [0.3, 0.4) is 0 Å². The van der Waals surface area contributed by atoms with Crippen molar-refractivity contribution in [2.75, 3.05) is 0 Å². The Morgan fingerprint density at radius 2 is 1.85 bits per heavy atom. The van der Waals surface area contributed by atoms with Gasteiger partial charge in [0, 0.05) is 14.5 Å². The minimum Gasteiger partial charge on any atom is -0.219 e. The number of hydrogen-bond acceptors (Lipinski definition) is 2. The third-order valence-corrected chi connectivity index (χ3v) is 5.20. The van der Waals surface area contributed by atoms with Gasteiger partial charge in [0.15, 0.2) is 0 Å². The molecule has 0 bridgehead atoms. The Bertz CT molecular complexity index is 503. The zero-order chi connectivity index (χ0) is 9.64. The van der Waals surface area contributed by atoms with Crippen molar-refractivity contribution in [3.8, 4) is 0 Å². The topological polar surface area (TPSA) is 34.1 Å². The van der Waals surface area contributed by atoms with Gasteiger partial charge in [0.05, 0.1) is 10.3 Å². The third kappa shape index (κ3) is 1.39. The highest BCUT2D eigenvalue weighted by atomic mass is 79.9. The quantitative estimate of drug-likeness (QED) is 0.735. The lowest BCUT2D eigenvalue weighted by atomic mass is 10.2. The van der Waals surface area contributed by atoms with E-state index in [0.29, 0.717) is 13.9 Å². The molecule has 1 heterocycles. The fraction of sp³-hybridized carbons (Fsp3) is 0. The number of halogens is 2. The van der Waals surface area contributed by atoms with Crippen molar-refractivity contribution in [2.24, 2.45) is 0 Å². The summed E-state index contributed by atoms with van der Waals surface area (Å²) >= 11 is 6.42. The van der Waals surface area contributed by atoms with Crippen LogP contribution in [0.1, 0.15) is 5.56 Å². The molecule has 13 heavy (non-hydrogen) atoms. The molecule has 0 N–H and O–H groups in total. The number of fused-ring (bicyclic) bond motifs is 1. The second kappa shape index (κ2) is 2.93. The summed E-state index contributed by atoms with van der Waals surface area (Å²) in [6, 6.07) is 5.29. The van der Waals surface area contributed by atoms with Gasteiger partial charge in [-0.2, -0.15) is 0 Å². The van der Waals surface area contributed by atoms with Crippen LogP contribution in [-0.2, 0) is 9.84 Å². The molecule has 5 heteroatoms. The van der Waals surface area contributed by atoms with E-state index in [0.717, 1.165) is 5.56 Å². The largest absolute Gasteiger partial charge is 0.219 e. The summed E-state index contributed by atoms with van der Waals surface area (Å²) < 4.78 is 24.3. The Hall–Kier alpha value is -0.130. The molecule has 1 aromatic carbocycles. The SMILES string of the molecule is O=S1(=O)C=C(Br)c2cccc(Br)c21. The minimum absolute atomic E-state index is 0.349. The monoisotopic (exact) mass is 322 g/mol. The molecule has 0 saturated carbocycles. The summed E-state index contributed by atoms with van der Waals surface area (Å²) in [5.41, 5.74) is 0.717. The molecule has 1 aliphatic rings. The standard InChI is InChI=1S/C8H4Br2O2S/c9-6-3-1-2-5-7(10)4-13(11,12)8(5)6/h1-4H. The summed E-state index contributed by atoms with van der Waals surface area (Å²) in [5.74, 6) is 0. The van der Waals surface area contributed by atoms with Crippen LogP contribution in [0.5, 0.6) is 0 Å². The van der Waals surface area contributed by atoms with Crippen LogP contribution in [-0.4, -0.2) is 8.42 Å². The van der Waals surface area contributed by atoms with E-state index in [1.807, 2.05) is 0 Å². The van der Waals surface area contributed by atoms with E-state index in [1.54, 1.807) is 18.2 Å². The van der Waals surface area contributed by atoms with Gasteiger partial charge in [-0.3, -0.25) is 0 Å². The van der Waals surface area contributed by atoms with Crippen LogP contribution < -0.4 is 0 Å². The maximum atomic E-state index is 11.5. The van der Waals surface area contributed by atoms with Gasteiger partial charge in [-0.25, -0.2) is 8.42 Å². The van der Waals surface area contributed by atoms with Gasteiger partial charge in [0.25, 0.3) is 0 Å². The van der Waals surface area contributed by atoms with Crippen LogP contribution >= 0.6 is 31.9 Å². The molecular weight excluding hydrogens is 320 g/mol. The number of benzene rings is 1. The fourth-order valence-electron chi connectivity index (χ4n) is 1.24. The van der Waals surface area contributed by atoms with Crippen molar-refractivity contribution < 1.29 is 8.42 Å². The van der Waals surface area contributed by atoms with E-state index in [1.165, 1.54) is 5.41 Å². The maximum absolute atomic E-state index is 11.5. The molecule has 0 radical (unpaired) electrons. The summed E-state index contributed by atoms with van der Waals surface area (Å²) in [6.45, 7) is 0. The van der Waals surface area contributed by atoms with Crippen molar-refractivity contribution in [2.45, 2.75) is 4.90 Å². The third-order valence-electron chi connectivity index (χ3n) is 1.77. The van der Waals surface area contributed by atoms with E-state index in [4.69, 9.17) is 0 Å². The van der Waals surface area contributed by atoms with E-state index in [9.17, 15) is 8.42 Å². The van der Waals surface area contributed by atoms with E-state index >= 15 is 0 Å². The fourth-order valence-corrected chi connectivity index (χ4v) is 4.83. The van der Waals surface area contributed by atoms with Crippen LogP contribution in [0.25, 0.3) is 4.48 Å². The minimum atomic E-state index is -3.24. The summed E-state index contributed by atoms with van der Waals surface area (Å²) in [7, 11) is -3.24. The first-order valence-corrected chi connectivity index (χ1v) is 6.57. The Labute approximate surface area is 92.8 Å². The average molecular weight is 324 g/mol. The summed E-state index contributed by atoms with van der Waals surface area (Å²) in [5, 5.41) is 1.22. The molecule has 68 valence electrons. The van der Waals surface area contributed by atoms with Gasteiger partial charge < -0.3 is 0 Å². The highest BCUT2D eigenvalue weighted by Crippen LogP contribution is 2.40. The predicted molar refractivity (Wildman–Crippen MR) is 58.2 cm³/mol. The number of rotatable bonds is 0. The van der Waals surface area contributed by atoms with Gasteiger partial charge >= 0.3 is 0 Å². The zero-order valence-electron chi connectivity index (χ0n) is 6.29. The van der Waals surface area contributed by atoms with Crippen LogP contribution in [0.15, 0.2) is 33.0 Å². The van der Waals surface area contributed by atoms with Crippen molar-refractivity contribution in [3.63, 3.8) is 0 Å². The summed E-state index contributed by atoms with van der Waals surface area (Å²) in [4.78, 5) is 0.349. The van der Waals surface area contributed by atoms with Gasteiger partial charge in [-0.15, -0.1) is 0 Å². The molecule has 0 unspecified atom stereocenters. The Morgan fingerprint density at radius 1 is 1.15 bits per heavy atom. The molecule has 1 aromatic rings. The molecule has 2 nitrogen and oxygen atoms in total. The van der Waals surface area contributed by atoms with Crippen molar-refractivity contribution >= 4 is 46.2 Å². The van der Waals surface area contributed by atoms with Crippen molar-refractivity contribution in [3.05, 3.63) is 33.6 Å². The normalized spacial score (nSPS) is 18.2. The Balaban J connectivity index is 2.90. The lowest BCUT2D eigenvalue weighted by molar-refractivity contribution is 0.605. The Morgan fingerprint density at radius 3 is 2.46 bits per heavy atom. The molecule has 0 fully saturated rings. The maximum Gasteiger partial charge on any atom is 0.202 e. The molecule has 0 saturated heterocycles. The van der Waals surface area contributed by atoms with E-state index in [-0.39, 0.29) is 0 Å². The van der Waals surface area contributed by atoms with Gasteiger partial charge in [0.2, 0.25) is 9.84 Å². The van der Waals surface area contributed by atoms with Crippen LogP contribution in [0.4, 0.5) is 0 Å². The van der Waals surface area contributed by atoms with Crippen LogP contribution in [0, 0.1) is 0 Å². The van der Waals surface area contributed by atoms with E-state index in [2.05, 4.69) is 31.9 Å². The van der Waals surface area contributed by atoms with Gasteiger partial charge in [0.1, 0.15) is 0 Å².